The summed E-state index contributed by atoms with van der Waals surface area (Å²) in [6, 6.07) is 5.47. The van der Waals surface area contributed by atoms with Crippen LogP contribution in [0, 0.1) is 0 Å². The first-order chi connectivity index (χ1) is 15.0. The van der Waals surface area contributed by atoms with Crippen LogP contribution in [0.3, 0.4) is 0 Å². The number of thiazole rings is 1. The summed E-state index contributed by atoms with van der Waals surface area (Å²) in [5, 5.41) is 15.7. The Morgan fingerprint density at radius 3 is 3.10 bits per heavy atom. The molecule has 0 unspecified atom stereocenters. The van der Waals surface area contributed by atoms with E-state index in [0.29, 0.717) is 11.5 Å². The number of hydrogen-bond acceptors (Lipinski definition) is 8. The quantitative estimate of drug-likeness (QED) is 0.443. The van der Waals surface area contributed by atoms with Gasteiger partial charge in [-0.05, 0) is 55.8 Å². The van der Waals surface area contributed by atoms with Crippen LogP contribution >= 0.6 is 11.3 Å². The lowest BCUT2D eigenvalue weighted by Crippen LogP contribution is -2.44. The third-order valence-electron chi connectivity index (χ3n) is 4.76. The number of nitrogens with zero attached hydrogens (tertiary/aromatic N) is 3. The number of anilines is 2. The molecule has 5 N–H and O–H groups in total. The Bertz CT molecular complexity index is 984. The van der Waals surface area contributed by atoms with Crippen LogP contribution in [0.2, 0.25) is 0 Å². The maximum atomic E-state index is 12.4. The number of rotatable bonds is 9. The number of aromatic nitrogens is 2. The van der Waals surface area contributed by atoms with Gasteiger partial charge >= 0.3 is 0 Å². The first-order valence-corrected chi connectivity index (χ1v) is 10.9. The van der Waals surface area contributed by atoms with Crippen molar-refractivity contribution >= 4 is 28.2 Å². The van der Waals surface area contributed by atoms with Crippen molar-refractivity contribution in [3.8, 4) is 10.6 Å². The van der Waals surface area contributed by atoms with E-state index in [9.17, 15) is 4.79 Å². The molecule has 3 rings (SSSR count). The van der Waals surface area contributed by atoms with E-state index in [1.165, 1.54) is 17.5 Å². The third kappa shape index (κ3) is 5.93. The Labute approximate surface area is 186 Å². The molecule has 9 heteroatoms. The molecule has 0 bridgehead atoms. The number of nitrogens with two attached hydrogens (primary N) is 1. The van der Waals surface area contributed by atoms with Crippen molar-refractivity contribution in [1.29, 1.82) is 0 Å². The number of pyridine rings is 1. The molecule has 0 aliphatic carbocycles. The van der Waals surface area contributed by atoms with Crippen LogP contribution in [0.25, 0.3) is 10.6 Å². The van der Waals surface area contributed by atoms with Gasteiger partial charge in [-0.1, -0.05) is 24.0 Å². The summed E-state index contributed by atoms with van der Waals surface area (Å²) in [5.41, 5.74) is 7.89. The van der Waals surface area contributed by atoms with E-state index >= 15 is 0 Å². The van der Waals surface area contributed by atoms with Crippen LogP contribution in [0.15, 0.2) is 60.6 Å². The van der Waals surface area contributed by atoms with Gasteiger partial charge in [0.1, 0.15) is 11.9 Å². The Morgan fingerprint density at radius 2 is 2.32 bits per heavy atom. The van der Waals surface area contributed by atoms with Gasteiger partial charge in [-0.15, -0.1) is 0 Å². The Hall–Kier alpha value is -3.17. The lowest BCUT2D eigenvalue weighted by atomic mass is 10.2. The number of allylic oxidation sites excluding steroid dienone is 3. The third-order valence-corrected chi connectivity index (χ3v) is 5.81. The van der Waals surface area contributed by atoms with Crippen LogP contribution < -0.4 is 21.3 Å². The molecule has 1 atom stereocenters. The Kier molecular flexibility index (Phi) is 7.80. The van der Waals surface area contributed by atoms with Crippen molar-refractivity contribution < 1.29 is 9.90 Å². The summed E-state index contributed by atoms with van der Waals surface area (Å²) in [7, 11) is 0. The number of hydrogen-bond donors (Lipinski definition) is 4. The molecule has 1 aliphatic heterocycles. The van der Waals surface area contributed by atoms with E-state index < -0.39 is 0 Å². The molecule has 1 fully saturated rings. The molecular formula is C22H28N6O2S. The largest absolute Gasteiger partial charge is 0.405 e. The second kappa shape index (κ2) is 10.7. The second-order valence-electron chi connectivity index (χ2n) is 7.18. The van der Waals surface area contributed by atoms with Gasteiger partial charge in [-0.3, -0.25) is 4.79 Å². The zero-order chi connectivity index (χ0) is 22.2. The monoisotopic (exact) mass is 440 g/mol. The lowest BCUT2D eigenvalue weighted by Gasteiger charge is -2.22. The molecule has 164 valence electrons. The molecule has 2 aromatic heterocycles. The molecule has 1 aliphatic rings. The molecule has 31 heavy (non-hydrogen) atoms. The minimum Gasteiger partial charge on any atom is -0.405 e. The van der Waals surface area contributed by atoms with Crippen molar-refractivity contribution in [3.63, 3.8) is 0 Å². The van der Waals surface area contributed by atoms with Crippen LogP contribution in [0.1, 0.15) is 19.8 Å². The van der Waals surface area contributed by atoms with Crippen molar-refractivity contribution in [1.82, 2.24) is 15.3 Å². The van der Waals surface area contributed by atoms with Crippen molar-refractivity contribution in [3.05, 3.63) is 60.6 Å². The van der Waals surface area contributed by atoms with Gasteiger partial charge in [0.05, 0.1) is 17.2 Å². The maximum Gasteiger partial charge on any atom is 0.242 e. The van der Waals surface area contributed by atoms with Crippen molar-refractivity contribution in [2.24, 2.45) is 5.73 Å². The molecule has 0 spiro atoms. The average molecular weight is 441 g/mol. The van der Waals surface area contributed by atoms with E-state index in [1.54, 1.807) is 12.3 Å². The highest BCUT2D eigenvalue weighted by Crippen LogP contribution is 2.34. The fourth-order valence-corrected chi connectivity index (χ4v) is 4.36. The molecule has 2 aromatic rings. The molecule has 3 heterocycles. The zero-order valence-corrected chi connectivity index (χ0v) is 18.4. The van der Waals surface area contributed by atoms with E-state index in [2.05, 4.69) is 27.2 Å². The standard InChI is InChI=1S/C22H28N6O2S/c1-15(8-9-23)13-16(2)26-20-7-3-5-17(27-20)19-14-25-22(31-19)28-11-4-6-18(28)21(30)24-10-12-29/h3,5,7-9,13-14,18,29H,2,4,6,10-12,23H2,1H3,(H,24,30)(H,26,27)/b9-8-,15-13-/t18-/m0/s1. The lowest BCUT2D eigenvalue weighted by molar-refractivity contribution is -0.122. The van der Waals surface area contributed by atoms with Gasteiger partial charge in [0, 0.05) is 25.0 Å². The van der Waals surface area contributed by atoms with Crippen LogP contribution in [-0.2, 0) is 4.79 Å². The highest BCUT2D eigenvalue weighted by Gasteiger charge is 2.32. The summed E-state index contributed by atoms with van der Waals surface area (Å²) in [5.74, 6) is 0.611. The normalized spacial score (nSPS) is 16.6. The first kappa shape index (κ1) is 22.5. The molecule has 8 nitrogen and oxygen atoms in total. The molecule has 0 saturated carbocycles. The van der Waals surface area contributed by atoms with Gasteiger partial charge < -0.3 is 26.4 Å². The minimum absolute atomic E-state index is 0.0680. The molecule has 0 aromatic carbocycles. The fraction of sp³-hybridized carbons (Fsp3) is 0.318. The molecule has 0 radical (unpaired) electrons. The first-order valence-electron chi connectivity index (χ1n) is 10.1. The van der Waals surface area contributed by atoms with E-state index in [0.717, 1.165) is 40.7 Å². The van der Waals surface area contributed by atoms with Crippen LogP contribution in [0.4, 0.5) is 10.9 Å². The predicted octanol–water partition coefficient (Wildman–Crippen LogP) is 2.63. The van der Waals surface area contributed by atoms with Gasteiger partial charge in [0.2, 0.25) is 5.91 Å². The van der Waals surface area contributed by atoms with E-state index in [4.69, 9.17) is 10.8 Å². The number of amides is 1. The summed E-state index contributed by atoms with van der Waals surface area (Å²) >= 11 is 1.51. The summed E-state index contributed by atoms with van der Waals surface area (Å²) in [6.45, 7) is 6.92. The molecule has 1 amide bonds. The van der Waals surface area contributed by atoms with Gasteiger partial charge in [-0.2, -0.15) is 0 Å². The maximum absolute atomic E-state index is 12.4. The van der Waals surface area contributed by atoms with Crippen LogP contribution in [0.5, 0.6) is 0 Å². The smallest absolute Gasteiger partial charge is 0.242 e. The number of carbonyl (C=O) groups is 1. The average Bonchev–Trinajstić information content (AvgIpc) is 3.41. The topological polar surface area (TPSA) is 116 Å². The number of aliphatic hydroxyl groups is 1. The van der Waals surface area contributed by atoms with Gasteiger partial charge in [0.25, 0.3) is 0 Å². The van der Waals surface area contributed by atoms with Gasteiger partial charge in [-0.25, -0.2) is 9.97 Å². The minimum atomic E-state index is -0.257. The van der Waals surface area contributed by atoms with Crippen LogP contribution in [-0.4, -0.2) is 46.7 Å². The Morgan fingerprint density at radius 1 is 1.48 bits per heavy atom. The highest BCUT2D eigenvalue weighted by atomic mass is 32.1. The summed E-state index contributed by atoms with van der Waals surface area (Å²) in [4.78, 5) is 24.6. The fourth-order valence-electron chi connectivity index (χ4n) is 3.40. The SMILES string of the molecule is C=C(/C=C(C)\C=C/N)Nc1cccc(-c2cnc(N3CCC[C@H]3C(=O)NCCO)s2)n1. The summed E-state index contributed by atoms with van der Waals surface area (Å²) in [6.07, 6.45) is 8.66. The molecular weight excluding hydrogens is 412 g/mol. The van der Waals surface area contributed by atoms with Crippen molar-refractivity contribution in [2.45, 2.75) is 25.8 Å². The Balaban J connectivity index is 1.72. The number of nitrogens with one attached hydrogen (secondary N) is 2. The highest BCUT2D eigenvalue weighted by molar-refractivity contribution is 7.18. The van der Waals surface area contributed by atoms with E-state index in [-0.39, 0.29) is 25.1 Å². The second-order valence-corrected chi connectivity index (χ2v) is 8.19. The number of carbonyl (C=O) groups excluding carboxylic acids is 1. The number of aliphatic hydroxyl groups excluding tert-OH is 1. The zero-order valence-electron chi connectivity index (χ0n) is 17.5. The van der Waals surface area contributed by atoms with E-state index in [1.807, 2.05) is 36.1 Å². The van der Waals surface area contributed by atoms with Crippen molar-refractivity contribution in [2.75, 3.05) is 29.9 Å². The molecule has 1 saturated heterocycles. The summed E-state index contributed by atoms with van der Waals surface area (Å²) < 4.78 is 0. The van der Waals surface area contributed by atoms with Gasteiger partial charge in [0.15, 0.2) is 5.13 Å². The predicted molar refractivity (Wildman–Crippen MR) is 126 cm³/mol.